The molecule has 4 saturated heterocycles. The lowest BCUT2D eigenvalue weighted by molar-refractivity contribution is -0.403. The van der Waals surface area contributed by atoms with Crippen molar-refractivity contribution in [2.75, 3.05) is 47.3 Å². The monoisotopic (exact) mass is 1210 g/mol. The van der Waals surface area contributed by atoms with Gasteiger partial charge in [0.15, 0.2) is 54.1 Å². The number of hydrogen-bond donors (Lipinski definition) is 11. The first kappa shape index (κ1) is 65.6. The fourth-order valence-electron chi connectivity index (χ4n) is 9.30. The molecule has 0 unspecified atom stereocenters. The SMILES string of the molecule is COc1cc(C=CC(=O)OC[C@@]2(O[C@H]3O[C@H](COC(C)=O)[C@@H](OC(=O)C=Cc4ccc(O)c(OC)c4)[C@H](O[C@@H]4O[C@H](COC(C)=O)[C@@H](O[C@@H]5O[C@H](CO)[C@@H](O)[C@H](O)[C@H]5O)[C@H](O)[C@H]4O)[C@H]3O)O[C@H](CO)[C@@H](O)[C@@H]2OC(=O)c2ccccc2)ccc1O. The molecule has 3 aromatic carbocycles. The zero-order valence-electron chi connectivity index (χ0n) is 45.8. The lowest BCUT2D eigenvalue weighted by atomic mass is 9.95. The van der Waals surface area contributed by atoms with Crippen molar-refractivity contribution in [1.29, 1.82) is 0 Å². The highest BCUT2D eigenvalue weighted by Crippen LogP contribution is 2.41. The summed E-state index contributed by atoms with van der Waals surface area (Å²) >= 11 is 0. The normalized spacial score (nSPS) is 33.0. The molecule has 4 aliphatic rings. The van der Waals surface area contributed by atoms with E-state index >= 15 is 0 Å². The van der Waals surface area contributed by atoms with Crippen molar-refractivity contribution < 1.29 is 146 Å². The number of hydrogen-bond acceptors (Lipinski definition) is 30. The van der Waals surface area contributed by atoms with E-state index in [0.29, 0.717) is 5.56 Å². The quantitative estimate of drug-likeness (QED) is 0.0260. The summed E-state index contributed by atoms with van der Waals surface area (Å²) in [6.07, 6.45) is -32.5. The Bertz CT molecular complexity index is 2810. The van der Waals surface area contributed by atoms with E-state index in [4.69, 9.17) is 66.3 Å². The van der Waals surface area contributed by atoms with Gasteiger partial charge in [-0.2, -0.15) is 0 Å². The van der Waals surface area contributed by atoms with Crippen molar-refractivity contribution in [3.8, 4) is 23.0 Å². The van der Waals surface area contributed by atoms with Gasteiger partial charge in [-0.3, -0.25) is 9.59 Å². The predicted molar refractivity (Wildman–Crippen MR) is 278 cm³/mol. The van der Waals surface area contributed by atoms with Crippen LogP contribution in [0.25, 0.3) is 12.2 Å². The zero-order chi connectivity index (χ0) is 61.9. The Balaban J connectivity index is 1.28. The molecule has 0 amide bonds. The molecule has 466 valence electrons. The first-order valence-corrected chi connectivity index (χ1v) is 26.1. The Morgan fingerprint density at radius 3 is 1.61 bits per heavy atom. The summed E-state index contributed by atoms with van der Waals surface area (Å²) in [5.74, 6) is -8.63. The van der Waals surface area contributed by atoms with Gasteiger partial charge in [0.25, 0.3) is 0 Å². The summed E-state index contributed by atoms with van der Waals surface area (Å²) < 4.78 is 80.1. The molecule has 0 bridgehead atoms. The second-order valence-corrected chi connectivity index (χ2v) is 19.6. The molecular formula is C55H66O30. The highest BCUT2D eigenvalue weighted by Gasteiger charge is 2.63. The minimum atomic E-state index is -2.84. The number of benzene rings is 3. The van der Waals surface area contributed by atoms with Gasteiger partial charge >= 0.3 is 29.8 Å². The Kier molecular flexibility index (Phi) is 22.7. The maximum atomic E-state index is 13.9. The Labute approximate surface area is 483 Å². The largest absolute Gasteiger partial charge is 0.504 e. The topological polar surface area (TPSA) is 437 Å². The molecule has 0 radical (unpaired) electrons. The third kappa shape index (κ3) is 15.9. The van der Waals surface area contributed by atoms with Crippen LogP contribution in [0.5, 0.6) is 23.0 Å². The molecule has 19 atom stereocenters. The molecule has 0 aliphatic carbocycles. The molecule has 3 aromatic rings. The van der Waals surface area contributed by atoms with Crippen molar-refractivity contribution in [1.82, 2.24) is 0 Å². The number of rotatable bonds is 23. The summed E-state index contributed by atoms with van der Waals surface area (Å²) in [7, 11) is 2.57. The lowest BCUT2D eigenvalue weighted by Crippen LogP contribution is -2.68. The standard InChI is InChI=1S/C55H66O30/c1-25(58)74-22-36-47(81-52-44(68)42(66)40(64)34(20-56)77-52)43(67)45(69)53(78-36)82-49-46(70)54(79-37(23-75-26(2)59)48(49)80-39(63)17-13-28-11-15-31(61)33(19-28)73-4)85-55(24-76-38(62)16-12-27-10-14-30(60)32(18-27)72-3)50(41(65)35(21-57)84-55)83-51(71)29-8-6-5-7-9-29/h5-19,34-37,40-50,52-54,56-57,60-61,64-70H,20-24H2,1-4H3/t34-,35-,36-,37-,40-,41-,42+,43-,44-,45-,46-,47-,48-,49-,50+,52+,53+,54-,55+/m1/s1. The number of aromatic hydroxyl groups is 2. The smallest absolute Gasteiger partial charge is 0.338 e. The second-order valence-electron chi connectivity index (χ2n) is 19.6. The summed E-state index contributed by atoms with van der Waals surface area (Å²) in [6.45, 7) is -2.86. The minimum absolute atomic E-state index is 0.0154. The van der Waals surface area contributed by atoms with E-state index in [0.717, 1.165) is 26.0 Å². The van der Waals surface area contributed by atoms with Gasteiger partial charge in [-0.15, -0.1) is 0 Å². The summed E-state index contributed by atoms with van der Waals surface area (Å²) in [5.41, 5.74) is 0.512. The fraction of sp³-hybridized carbons (Fsp3) is 0.509. The van der Waals surface area contributed by atoms with Gasteiger partial charge in [0, 0.05) is 26.0 Å². The average molecular weight is 1210 g/mol. The van der Waals surface area contributed by atoms with Crippen LogP contribution in [-0.2, 0) is 76.0 Å². The van der Waals surface area contributed by atoms with Crippen LogP contribution in [0.4, 0.5) is 0 Å². The fourth-order valence-corrected chi connectivity index (χ4v) is 9.30. The van der Waals surface area contributed by atoms with Crippen LogP contribution < -0.4 is 9.47 Å². The van der Waals surface area contributed by atoms with E-state index < -0.39 is 179 Å². The van der Waals surface area contributed by atoms with Crippen LogP contribution in [-0.4, -0.2) is 249 Å². The van der Waals surface area contributed by atoms with E-state index in [1.807, 2.05) is 0 Å². The maximum Gasteiger partial charge on any atom is 0.338 e. The van der Waals surface area contributed by atoms with Crippen molar-refractivity contribution in [2.45, 2.75) is 130 Å². The number of aliphatic hydroxyl groups excluding tert-OH is 9. The number of aliphatic hydroxyl groups is 9. The molecule has 4 fully saturated rings. The Morgan fingerprint density at radius 2 is 1.06 bits per heavy atom. The van der Waals surface area contributed by atoms with Gasteiger partial charge in [0.2, 0.25) is 5.79 Å². The molecule has 7 rings (SSSR count). The highest BCUT2D eigenvalue weighted by molar-refractivity contribution is 5.90. The van der Waals surface area contributed by atoms with Crippen molar-refractivity contribution in [2.24, 2.45) is 0 Å². The van der Waals surface area contributed by atoms with Crippen molar-refractivity contribution in [3.63, 3.8) is 0 Å². The van der Waals surface area contributed by atoms with Crippen LogP contribution in [0.15, 0.2) is 78.9 Å². The van der Waals surface area contributed by atoms with Gasteiger partial charge in [-0.25, -0.2) is 14.4 Å². The molecular weight excluding hydrogens is 1140 g/mol. The second kappa shape index (κ2) is 29.4. The molecule has 4 heterocycles. The number of phenolic OH excluding ortho intramolecular Hbond substituents is 2. The van der Waals surface area contributed by atoms with Gasteiger partial charge in [-0.05, 0) is 59.7 Å². The lowest BCUT2D eigenvalue weighted by Gasteiger charge is -2.49. The molecule has 4 aliphatic heterocycles. The number of carbonyl (C=O) groups is 5. The molecule has 0 aromatic heterocycles. The van der Waals surface area contributed by atoms with Crippen LogP contribution >= 0.6 is 0 Å². The number of phenols is 2. The number of esters is 5. The third-order valence-electron chi connectivity index (χ3n) is 13.7. The zero-order valence-corrected chi connectivity index (χ0v) is 45.8. The molecule has 30 heteroatoms. The molecule has 85 heavy (non-hydrogen) atoms. The number of carbonyl (C=O) groups excluding carboxylic acids is 5. The van der Waals surface area contributed by atoms with Crippen LogP contribution in [0, 0.1) is 0 Å². The first-order chi connectivity index (χ1) is 40.5. The maximum absolute atomic E-state index is 13.9. The van der Waals surface area contributed by atoms with Gasteiger partial charge in [0.1, 0.15) is 99.2 Å². The average Bonchev–Trinajstić information content (AvgIpc) is 2.01. The summed E-state index contributed by atoms with van der Waals surface area (Å²) in [5, 5.41) is 120. The van der Waals surface area contributed by atoms with Gasteiger partial charge < -0.3 is 122 Å². The number of ether oxygens (including phenoxy) is 14. The van der Waals surface area contributed by atoms with E-state index in [9.17, 15) is 80.1 Å². The molecule has 11 N–H and O–H groups in total. The van der Waals surface area contributed by atoms with E-state index in [-0.39, 0.29) is 34.1 Å². The van der Waals surface area contributed by atoms with Gasteiger partial charge in [0.05, 0.1) is 33.0 Å². The van der Waals surface area contributed by atoms with Crippen molar-refractivity contribution >= 4 is 42.0 Å². The Morgan fingerprint density at radius 1 is 0.541 bits per heavy atom. The summed E-state index contributed by atoms with van der Waals surface area (Å²) in [4.78, 5) is 66.0. The van der Waals surface area contributed by atoms with E-state index in [2.05, 4.69) is 0 Å². The third-order valence-corrected chi connectivity index (χ3v) is 13.7. The predicted octanol–water partition coefficient (Wildman–Crippen LogP) is -2.78. The first-order valence-electron chi connectivity index (χ1n) is 26.1. The molecule has 0 spiro atoms. The van der Waals surface area contributed by atoms with Crippen LogP contribution in [0.1, 0.15) is 35.3 Å². The van der Waals surface area contributed by atoms with Crippen molar-refractivity contribution in [3.05, 3.63) is 95.6 Å². The highest BCUT2D eigenvalue weighted by atomic mass is 16.8. The van der Waals surface area contributed by atoms with Crippen LogP contribution in [0.3, 0.4) is 0 Å². The van der Waals surface area contributed by atoms with Gasteiger partial charge in [-0.1, -0.05) is 30.3 Å². The summed E-state index contributed by atoms with van der Waals surface area (Å²) in [6, 6.07) is 15.3. The van der Waals surface area contributed by atoms with E-state index in [1.54, 1.807) is 6.07 Å². The molecule has 30 nitrogen and oxygen atoms in total. The Hall–Kier alpha value is -6.95. The van der Waals surface area contributed by atoms with Crippen LogP contribution in [0.2, 0.25) is 0 Å². The number of methoxy groups -OCH3 is 2. The van der Waals surface area contributed by atoms with E-state index in [1.165, 1.54) is 87.0 Å². The molecule has 0 saturated carbocycles. The minimum Gasteiger partial charge on any atom is -0.504 e.